The van der Waals surface area contributed by atoms with Gasteiger partial charge >= 0.3 is 6.18 Å². The van der Waals surface area contributed by atoms with Crippen LogP contribution in [0.2, 0.25) is 0 Å². The summed E-state index contributed by atoms with van der Waals surface area (Å²) in [4.78, 5) is 47.3. The molecule has 8 unspecified atom stereocenters. The molecule has 16 heteroatoms. The lowest BCUT2D eigenvalue weighted by Gasteiger charge is -2.36. The van der Waals surface area contributed by atoms with E-state index in [-0.39, 0.29) is 30.5 Å². The number of hydrogen-bond acceptors (Lipinski definition) is 8. The Morgan fingerprint density at radius 1 is 1.12 bits per heavy atom. The summed E-state index contributed by atoms with van der Waals surface area (Å²) in [6.07, 6.45) is -3.18. The molecule has 3 amide bonds. The smallest absolute Gasteiger partial charge is 0.416 e. The zero-order valence-corrected chi connectivity index (χ0v) is 30.3. The van der Waals surface area contributed by atoms with Crippen molar-refractivity contribution in [3.05, 3.63) is 54.1 Å². The van der Waals surface area contributed by atoms with Gasteiger partial charge in [-0.05, 0) is 80.2 Å². The summed E-state index contributed by atoms with van der Waals surface area (Å²) < 4.78 is 68.4. The maximum absolute atomic E-state index is 14.5. The van der Waals surface area contributed by atoms with Gasteiger partial charge in [-0.2, -0.15) is 13.2 Å². The van der Waals surface area contributed by atoms with Crippen LogP contribution < -0.4 is 21.1 Å². The Labute approximate surface area is 300 Å². The van der Waals surface area contributed by atoms with Crippen molar-refractivity contribution < 1.29 is 41.1 Å². The van der Waals surface area contributed by atoms with E-state index in [1.807, 2.05) is 24.3 Å². The second-order valence-corrected chi connectivity index (χ2v) is 17.6. The van der Waals surface area contributed by atoms with Crippen LogP contribution in [0.3, 0.4) is 0 Å². The highest BCUT2D eigenvalue weighted by atomic mass is 32.2. The number of carbonyl (C=O) groups is 3. The average molecular weight is 750 g/mol. The topological polar surface area (TPSA) is 164 Å². The molecule has 1 aliphatic heterocycles. The maximum atomic E-state index is 14.5. The highest BCUT2D eigenvalue weighted by molar-refractivity contribution is 7.81. The third-order valence-corrected chi connectivity index (χ3v) is 12.7. The molecule has 0 radical (unpaired) electrons. The van der Waals surface area contributed by atoms with E-state index in [0.717, 1.165) is 22.3 Å². The Hall–Kier alpha value is -3.76. The lowest BCUT2D eigenvalue weighted by atomic mass is 9.85. The number of para-hydroxylation sites is 1. The second-order valence-electron chi connectivity index (χ2n) is 15.2. The van der Waals surface area contributed by atoms with Crippen LogP contribution in [0, 0.1) is 17.3 Å². The molecule has 2 saturated carbocycles. The summed E-state index contributed by atoms with van der Waals surface area (Å²) in [5, 5.41) is 6.21. The number of nitrogens with one attached hydrogen (secondary N) is 2. The molecule has 3 aromatic rings. The summed E-state index contributed by atoms with van der Waals surface area (Å²) in [6.45, 7) is 7.03. The number of halogens is 3. The number of benzene rings is 2. The molecule has 5 N–H and O–H groups in total. The maximum Gasteiger partial charge on any atom is 0.416 e. The van der Waals surface area contributed by atoms with Gasteiger partial charge in [0, 0.05) is 12.1 Å². The quantitative estimate of drug-likeness (QED) is 0.181. The number of primary amides is 1. The SMILES string of the molecule is CC(C)(C)C(Nc1cccc(C(F)(F)F)c1)C(=O)N1CC(Oc2nc3ccccc3s2)CC1C(=O)NC1(C(N)=O)CC1CCC1CC1(C)S(=O)O. The predicted octanol–water partition coefficient (Wildman–Crippen LogP) is 5.33. The van der Waals surface area contributed by atoms with Crippen LogP contribution in [0.1, 0.15) is 65.4 Å². The van der Waals surface area contributed by atoms with Gasteiger partial charge in [-0.25, -0.2) is 9.19 Å². The van der Waals surface area contributed by atoms with Crippen LogP contribution in [0.5, 0.6) is 5.19 Å². The Bertz CT molecular complexity index is 1830. The van der Waals surface area contributed by atoms with Crippen LogP contribution in [0.15, 0.2) is 48.5 Å². The molecule has 8 atom stereocenters. The predicted molar refractivity (Wildman–Crippen MR) is 187 cm³/mol. The molecule has 51 heavy (non-hydrogen) atoms. The van der Waals surface area contributed by atoms with Gasteiger partial charge < -0.3 is 30.6 Å². The summed E-state index contributed by atoms with van der Waals surface area (Å²) in [5.74, 6) is -2.09. The average Bonchev–Trinajstić information content (AvgIpc) is 3.79. The van der Waals surface area contributed by atoms with Gasteiger partial charge in [0.15, 0.2) is 11.1 Å². The van der Waals surface area contributed by atoms with Crippen molar-refractivity contribution in [2.45, 2.75) is 94.4 Å². The highest BCUT2D eigenvalue weighted by Gasteiger charge is 2.62. The molecule has 11 nitrogen and oxygen atoms in total. The number of nitrogens with zero attached hydrogens (tertiary/aromatic N) is 2. The summed E-state index contributed by atoms with van der Waals surface area (Å²) in [6, 6.07) is 9.90. The Kier molecular flexibility index (Phi) is 9.68. The van der Waals surface area contributed by atoms with Gasteiger partial charge in [0.2, 0.25) is 17.7 Å². The van der Waals surface area contributed by atoms with Crippen LogP contribution in [-0.4, -0.2) is 71.4 Å². The number of hydrogen-bond donors (Lipinski definition) is 4. The molecule has 2 heterocycles. The second kappa shape index (κ2) is 13.3. The van der Waals surface area contributed by atoms with Crippen molar-refractivity contribution in [3.63, 3.8) is 0 Å². The number of alkyl halides is 3. The largest absolute Gasteiger partial charge is 0.465 e. The van der Waals surface area contributed by atoms with Crippen LogP contribution in [-0.2, 0) is 31.6 Å². The van der Waals surface area contributed by atoms with Crippen LogP contribution in [0.4, 0.5) is 18.9 Å². The number of aromatic nitrogens is 1. The van der Waals surface area contributed by atoms with Crippen LogP contribution >= 0.6 is 11.3 Å². The number of fused-ring (bicyclic) bond motifs is 1. The number of likely N-dealkylation sites (tertiary alicyclic amines) is 1. The molecule has 6 rings (SSSR count). The van der Waals surface area contributed by atoms with E-state index in [2.05, 4.69) is 15.6 Å². The first-order valence-corrected chi connectivity index (χ1v) is 18.7. The number of rotatable bonds is 12. The summed E-state index contributed by atoms with van der Waals surface area (Å²) in [5.41, 5.74) is 3.64. The minimum Gasteiger partial charge on any atom is -0.465 e. The fourth-order valence-corrected chi connectivity index (χ4v) is 8.77. The van der Waals surface area contributed by atoms with Gasteiger partial charge in [0.05, 0.1) is 27.1 Å². The lowest BCUT2D eigenvalue weighted by molar-refractivity contribution is -0.141. The monoisotopic (exact) mass is 749 g/mol. The van der Waals surface area contributed by atoms with Crippen molar-refractivity contribution in [3.8, 4) is 5.19 Å². The van der Waals surface area contributed by atoms with Crippen molar-refractivity contribution >= 4 is 56.0 Å². The molecule has 0 bridgehead atoms. The Balaban J connectivity index is 1.24. The lowest BCUT2D eigenvalue weighted by Crippen LogP contribution is -2.57. The van der Waals surface area contributed by atoms with E-state index in [1.54, 1.807) is 27.7 Å². The molecule has 276 valence electrons. The zero-order chi connectivity index (χ0) is 37.1. The van der Waals surface area contributed by atoms with E-state index < -0.39 is 74.4 Å². The highest BCUT2D eigenvalue weighted by Crippen LogP contribution is 2.54. The first-order chi connectivity index (χ1) is 23.8. The van der Waals surface area contributed by atoms with Gasteiger partial charge in [0.25, 0.3) is 5.19 Å². The Morgan fingerprint density at radius 2 is 1.82 bits per heavy atom. The number of ether oxygens (including phenoxy) is 1. The van der Waals surface area contributed by atoms with Crippen molar-refractivity contribution in [1.29, 1.82) is 0 Å². The Morgan fingerprint density at radius 3 is 2.45 bits per heavy atom. The molecule has 1 saturated heterocycles. The molecule has 2 aromatic carbocycles. The molecule has 2 aliphatic carbocycles. The standard InChI is InChI=1S/C35H42F3N5O6S2/c1-32(2,3)27(40-22-9-7-8-19(14-22)35(36,37)38)29(45)43-18-23(49-31-41-24-10-5-6-11-26(24)50-31)15-25(43)28(44)42-34(30(39)46)17-21(34)13-12-20-16-33(20,4)51(47)48/h5-11,14,20-21,23,25,27,40H,12-13,15-18H2,1-4H3,(H2,39,46)(H,42,44)(H,47,48). The van der Waals surface area contributed by atoms with Gasteiger partial charge in [-0.3, -0.25) is 14.4 Å². The van der Waals surface area contributed by atoms with Gasteiger partial charge in [-0.1, -0.05) is 50.3 Å². The first-order valence-electron chi connectivity index (χ1n) is 16.8. The van der Waals surface area contributed by atoms with E-state index in [4.69, 9.17) is 10.5 Å². The number of carbonyl (C=O) groups excluding carboxylic acids is 3. The number of anilines is 1. The fourth-order valence-electron chi connectivity index (χ4n) is 7.14. The molecule has 0 spiro atoms. The van der Waals surface area contributed by atoms with E-state index in [0.29, 0.717) is 30.9 Å². The zero-order valence-electron chi connectivity index (χ0n) is 28.7. The fraction of sp³-hybridized carbons (Fsp3) is 0.543. The number of nitrogens with two attached hydrogens (primary N) is 1. The third-order valence-electron chi connectivity index (χ3n) is 10.5. The minimum absolute atomic E-state index is 0.0186. The van der Waals surface area contributed by atoms with E-state index in [1.165, 1.54) is 28.4 Å². The van der Waals surface area contributed by atoms with Gasteiger partial charge in [0.1, 0.15) is 23.7 Å². The first kappa shape index (κ1) is 37.0. The summed E-state index contributed by atoms with van der Waals surface area (Å²) >= 11 is -0.645. The third kappa shape index (κ3) is 7.58. The van der Waals surface area contributed by atoms with Crippen LogP contribution in [0.25, 0.3) is 10.2 Å². The minimum atomic E-state index is -4.59. The van der Waals surface area contributed by atoms with E-state index >= 15 is 0 Å². The van der Waals surface area contributed by atoms with Gasteiger partial charge in [-0.15, -0.1) is 0 Å². The molecule has 1 aromatic heterocycles. The molecular weight excluding hydrogens is 708 g/mol. The number of thiazole rings is 1. The number of amides is 3. The molecule has 3 fully saturated rings. The van der Waals surface area contributed by atoms with E-state index in [9.17, 15) is 36.3 Å². The normalized spacial score (nSPS) is 28.6. The summed E-state index contributed by atoms with van der Waals surface area (Å²) in [7, 11) is 0. The molecular formula is C35H42F3N5O6S2. The van der Waals surface area contributed by atoms with Crippen molar-refractivity contribution in [2.24, 2.45) is 23.0 Å². The molecule has 3 aliphatic rings. The van der Waals surface area contributed by atoms with Crippen molar-refractivity contribution in [1.82, 2.24) is 15.2 Å². The van der Waals surface area contributed by atoms with Crippen molar-refractivity contribution in [2.75, 3.05) is 11.9 Å².